The number of nitrogens with zero attached hydrogens (tertiary/aromatic N) is 4. The SMILES string of the molecule is O=C(Cn1c(=O)nc2n1C(=O)N(c1ccccc1)C2)NCc1ccc(F)cc1. The number of fused-ring (bicyclic) bond motifs is 1. The summed E-state index contributed by atoms with van der Waals surface area (Å²) in [4.78, 5) is 42.5. The maximum atomic E-state index is 12.9. The first-order valence-electron chi connectivity index (χ1n) is 8.60. The van der Waals surface area contributed by atoms with Gasteiger partial charge in [-0.05, 0) is 29.8 Å². The van der Waals surface area contributed by atoms with E-state index in [1.54, 1.807) is 36.4 Å². The van der Waals surface area contributed by atoms with Crippen LogP contribution in [0.3, 0.4) is 0 Å². The molecular formula is C19H16FN5O3. The van der Waals surface area contributed by atoms with Gasteiger partial charge in [0.05, 0.1) is 6.54 Å². The molecule has 2 heterocycles. The van der Waals surface area contributed by atoms with Gasteiger partial charge in [0.1, 0.15) is 12.4 Å². The minimum Gasteiger partial charge on any atom is -0.350 e. The Morgan fingerprint density at radius 3 is 2.50 bits per heavy atom. The van der Waals surface area contributed by atoms with E-state index in [4.69, 9.17) is 0 Å². The van der Waals surface area contributed by atoms with Crippen LogP contribution in [0.5, 0.6) is 0 Å². The van der Waals surface area contributed by atoms with E-state index >= 15 is 0 Å². The molecular weight excluding hydrogens is 365 g/mol. The molecule has 1 N–H and O–H groups in total. The number of amides is 2. The Hall–Kier alpha value is -3.75. The average Bonchev–Trinajstić information content (AvgIpc) is 3.18. The molecule has 0 spiro atoms. The number of hydrogen-bond acceptors (Lipinski definition) is 4. The molecule has 142 valence electrons. The number of halogens is 1. The maximum Gasteiger partial charge on any atom is 0.365 e. The molecule has 0 saturated heterocycles. The lowest BCUT2D eigenvalue weighted by atomic mass is 10.2. The van der Waals surface area contributed by atoms with Crippen molar-refractivity contribution in [2.75, 3.05) is 4.90 Å². The average molecular weight is 381 g/mol. The second-order valence-electron chi connectivity index (χ2n) is 6.29. The van der Waals surface area contributed by atoms with Gasteiger partial charge in [0.2, 0.25) is 5.91 Å². The predicted octanol–water partition coefficient (Wildman–Crippen LogP) is 1.49. The Labute approximate surface area is 158 Å². The largest absolute Gasteiger partial charge is 0.365 e. The highest BCUT2D eigenvalue weighted by Crippen LogP contribution is 2.22. The standard InChI is InChI=1S/C19H16FN5O3/c20-14-8-6-13(7-9-14)10-21-17(26)12-24-18(27)22-16-11-23(19(28)25(16)24)15-4-2-1-3-5-15/h1-9H,10-12H2,(H,21,26). The molecule has 0 atom stereocenters. The number of anilines is 1. The zero-order valence-electron chi connectivity index (χ0n) is 14.7. The molecule has 4 rings (SSSR count). The quantitative estimate of drug-likeness (QED) is 0.725. The number of hydrogen-bond donors (Lipinski definition) is 1. The highest BCUT2D eigenvalue weighted by Gasteiger charge is 2.33. The van der Waals surface area contributed by atoms with Crippen LogP contribution in [0.4, 0.5) is 14.9 Å². The van der Waals surface area contributed by atoms with E-state index in [2.05, 4.69) is 10.3 Å². The first-order valence-corrected chi connectivity index (χ1v) is 8.60. The molecule has 0 fully saturated rings. The first kappa shape index (κ1) is 17.7. The zero-order valence-corrected chi connectivity index (χ0v) is 14.7. The Kier molecular flexibility index (Phi) is 4.48. The van der Waals surface area contributed by atoms with E-state index in [1.807, 2.05) is 6.07 Å². The van der Waals surface area contributed by atoms with E-state index in [1.165, 1.54) is 17.0 Å². The Balaban J connectivity index is 1.48. The fourth-order valence-corrected chi connectivity index (χ4v) is 3.02. The van der Waals surface area contributed by atoms with Crippen molar-refractivity contribution in [2.24, 2.45) is 0 Å². The van der Waals surface area contributed by atoms with Crippen LogP contribution in [-0.2, 0) is 24.4 Å². The minimum absolute atomic E-state index is 0.155. The number of nitrogens with one attached hydrogen (secondary N) is 1. The van der Waals surface area contributed by atoms with Crippen LogP contribution in [0.25, 0.3) is 0 Å². The van der Waals surface area contributed by atoms with Gasteiger partial charge in [-0.25, -0.2) is 18.7 Å². The van der Waals surface area contributed by atoms with Crippen molar-refractivity contribution in [2.45, 2.75) is 19.6 Å². The Morgan fingerprint density at radius 1 is 1.07 bits per heavy atom. The van der Waals surface area contributed by atoms with Crippen LogP contribution in [0.1, 0.15) is 11.4 Å². The van der Waals surface area contributed by atoms with Gasteiger partial charge < -0.3 is 5.32 Å². The topological polar surface area (TPSA) is 89.2 Å². The summed E-state index contributed by atoms with van der Waals surface area (Å²) in [7, 11) is 0. The highest BCUT2D eigenvalue weighted by atomic mass is 19.1. The molecule has 1 aliphatic rings. The van der Waals surface area contributed by atoms with Crippen LogP contribution in [-0.4, -0.2) is 26.3 Å². The van der Waals surface area contributed by atoms with Crippen molar-refractivity contribution in [3.63, 3.8) is 0 Å². The van der Waals surface area contributed by atoms with E-state index < -0.39 is 17.6 Å². The van der Waals surface area contributed by atoms with Crippen LogP contribution < -0.4 is 15.9 Å². The normalized spacial score (nSPS) is 12.9. The zero-order chi connectivity index (χ0) is 19.7. The van der Waals surface area contributed by atoms with Gasteiger partial charge in [0, 0.05) is 12.2 Å². The van der Waals surface area contributed by atoms with E-state index in [9.17, 15) is 18.8 Å². The van der Waals surface area contributed by atoms with Gasteiger partial charge >= 0.3 is 11.7 Å². The number of rotatable bonds is 5. The fourth-order valence-electron chi connectivity index (χ4n) is 3.02. The third-order valence-electron chi connectivity index (χ3n) is 4.41. The number of benzene rings is 2. The molecule has 0 aliphatic carbocycles. The molecule has 0 bridgehead atoms. The van der Waals surface area contributed by atoms with Crippen molar-refractivity contribution in [3.05, 3.63) is 82.3 Å². The van der Waals surface area contributed by atoms with Crippen LogP contribution >= 0.6 is 0 Å². The monoisotopic (exact) mass is 381 g/mol. The van der Waals surface area contributed by atoms with E-state index in [0.717, 1.165) is 9.36 Å². The fraction of sp³-hybridized carbons (Fsp3) is 0.158. The number of para-hydroxylation sites is 1. The lowest BCUT2D eigenvalue weighted by Gasteiger charge is -2.15. The molecule has 0 unspecified atom stereocenters. The second kappa shape index (κ2) is 7.10. The summed E-state index contributed by atoms with van der Waals surface area (Å²) < 4.78 is 15.1. The van der Waals surface area contributed by atoms with Gasteiger partial charge in [-0.15, -0.1) is 0 Å². The molecule has 2 amide bonds. The van der Waals surface area contributed by atoms with Gasteiger partial charge in [0.15, 0.2) is 5.82 Å². The van der Waals surface area contributed by atoms with Crippen molar-refractivity contribution in [1.82, 2.24) is 19.7 Å². The summed E-state index contributed by atoms with van der Waals surface area (Å²) in [6, 6.07) is 14.3. The third kappa shape index (κ3) is 3.29. The molecule has 0 saturated carbocycles. The van der Waals surface area contributed by atoms with Gasteiger partial charge in [-0.3, -0.25) is 9.69 Å². The molecule has 28 heavy (non-hydrogen) atoms. The molecule has 9 heteroatoms. The van der Waals surface area contributed by atoms with Crippen molar-refractivity contribution in [3.8, 4) is 0 Å². The predicted molar refractivity (Wildman–Crippen MR) is 98.2 cm³/mol. The van der Waals surface area contributed by atoms with Crippen molar-refractivity contribution < 1.29 is 14.0 Å². The van der Waals surface area contributed by atoms with E-state index in [-0.39, 0.29) is 31.3 Å². The van der Waals surface area contributed by atoms with Gasteiger partial charge in [-0.2, -0.15) is 9.67 Å². The number of carbonyl (C=O) groups excluding carboxylic acids is 2. The van der Waals surface area contributed by atoms with E-state index in [0.29, 0.717) is 11.3 Å². The smallest absolute Gasteiger partial charge is 0.350 e. The molecule has 3 aromatic rings. The van der Waals surface area contributed by atoms with Crippen LogP contribution in [0.15, 0.2) is 59.4 Å². The lowest BCUT2D eigenvalue weighted by molar-refractivity contribution is -0.122. The van der Waals surface area contributed by atoms with Crippen LogP contribution in [0, 0.1) is 5.82 Å². The number of carbonyl (C=O) groups is 2. The summed E-state index contributed by atoms with van der Waals surface area (Å²) in [6.45, 7) is -0.0113. The molecule has 2 aromatic carbocycles. The first-order chi connectivity index (χ1) is 13.5. The minimum atomic E-state index is -0.659. The highest BCUT2D eigenvalue weighted by molar-refractivity contribution is 5.95. The Bertz CT molecular complexity index is 1090. The van der Waals surface area contributed by atoms with Crippen molar-refractivity contribution >= 4 is 17.6 Å². The maximum absolute atomic E-state index is 12.9. The third-order valence-corrected chi connectivity index (χ3v) is 4.41. The second-order valence-corrected chi connectivity index (χ2v) is 6.29. The molecule has 8 nitrogen and oxygen atoms in total. The molecule has 0 radical (unpaired) electrons. The van der Waals surface area contributed by atoms with Gasteiger partial charge in [-0.1, -0.05) is 30.3 Å². The van der Waals surface area contributed by atoms with Crippen LogP contribution in [0.2, 0.25) is 0 Å². The Morgan fingerprint density at radius 2 is 1.79 bits per heavy atom. The van der Waals surface area contributed by atoms with Crippen molar-refractivity contribution in [1.29, 1.82) is 0 Å². The summed E-state index contributed by atoms with van der Waals surface area (Å²) in [5.41, 5.74) is 0.734. The summed E-state index contributed by atoms with van der Waals surface area (Å²) in [5.74, 6) is -0.539. The molecule has 1 aromatic heterocycles. The summed E-state index contributed by atoms with van der Waals surface area (Å²) >= 11 is 0. The molecule has 1 aliphatic heterocycles. The summed E-state index contributed by atoms with van der Waals surface area (Å²) in [5, 5.41) is 2.65. The number of aromatic nitrogens is 3. The summed E-state index contributed by atoms with van der Waals surface area (Å²) in [6.07, 6.45) is 0. The van der Waals surface area contributed by atoms with Gasteiger partial charge in [0.25, 0.3) is 0 Å². The lowest BCUT2D eigenvalue weighted by Crippen LogP contribution is -2.38.